The molecule has 1 saturated heterocycles. The van der Waals surface area contributed by atoms with E-state index in [1.807, 2.05) is 19.2 Å². The second kappa shape index (κ2) is 4.62. The van der Waals surface area contributed by atoms with Gasteiger partial charge in [-0.1, -0.05) is 0 Å². The van der Waals surface area contributed by atoms with Crippen LogP contribution in [0.4, 0.5) is 0 Å². The van der Waals surface area contributed by atoms with Gasteiger partial charge in [0, 0.05) is 25.6 Å². The molecular weight excluding hydrogens is 176 g/mol. The van der Waals surface area contributed by atoms with Crippen LogP contribution >= 0.6 is 0 Å². The van der Waals surface area contributed by atoms with Crippen molar-refractivity contribution >= 4 is 0 Å². The van der Waals surface area contributed by atoms with Crippen molar-refractivity contribution in [2.24, 2.45) is 0 Å². The van der Waals surface area contributed by atoms with E-state index in [0.717, 1.165) is 18.7 Å². The average Bonchev–Trinajstić information content (AvgIpc) is 2.86. The SMILES string of the molecule is CNC1CCN(CCc2ccco2)C1. The fourth-order valence-corrected chi connectivity index (χ4v) is 1.99. The van der Waals surface area contributed by atoms with Crippen molar-refractivity contribution in [2.45, 2.75) is 18.9 Å². The van der Waals surface area contributed by atoms with Crippen LogP contribution in [0.3, 0.4) is 0 Å². The van der Waals surface area contributed by atoms with E-state index in [1.165, 1.54) is 19.5 Å². The Morgan fingerprint density at radius 1 is 1.64 bits per heavy atom. The predicted octanol–water partition coefficient (Wildman–Crippen LogP) is 1.12. The zero-order valence-electron chi connectivity index (χ0n) is 8.70. The molecule has 2 heterocycles. The fourth-order valence-electron chi connectivity index (χ4n) is 1.99. The van der Waals surface area contributed by atoms with Gasteiger partial charge in [0.05, 0.1) is 6.26 Å². The van der Waals surface area contributed by atoms with Crippen molar-refractivity contribution in [3.63, 3.8) is 0 Å². The van der Waals surface area contributed by atoms with Gasteiger partial charge in [0.1, 0.15) is 5.76 Å². The maximum absolute atomic E-state index is 5.30. The third-order valence-electron chi connectivity index (χ3n) is 2.94. The highest BCUT2D eigenvalue weighted by molar-refractivity contribution is 4.98. The van der Waals surface area contributed by atoms with Gasteiger partial charge in [0.25, 0.3) is 0 Å². The number of nitrogens with one attached hydrogen (secondary N) is 1. The predicted molar refractivity (Wildman–Crippen MR) is 56.3 cm³/mol. The minimum Gasteiger partial charge on any atom is -0.469 e. The number of furan rings is 1. The standard InChI is InChI=1S/C11H18N2O/c1-12-10-4-6-13(9-10)7-5-11-3-2-8-14-11/h2-3,8,10,12H,4-7,9H2,1H3. The first-order valence-corrected chi connectivity index (χ1v) is 5.30. The zero-order chi connectivity index (χ0) is 9.80. The molecule has 1 unspecified atom stereocenters. The maximum atomic E-state index is 5.30. The number of likely N-dealkylation sites (N-methyl/N-ethyl adjacent to an activating group) is 1. The Labute approximate surface area is 85.1 Å². The van der Waals surface area contributed by atoms with Gasteiger partial charge in [0.2, 0.25) is 0 Å². The molecule has 1 aromatic rings. The molecule has 78 valence electrons. The Bertz CT molecular complexity index is 258. The van der Waals surface area contributed by atoms with E-state index < -0.39 is 0 Å². The Morgan fingerprint density at radius 2 is 2.57 bits per heavy atom. The summed E-state index contributed by atoms with van der Waals surface area (Å²) in [6.07, 6.45) is 4.05. The molecule has 1 aliphatic heterocycles. The summed E-state index contributed by atoms with van der Waals surface area (Å²) in [5.74, 6) is 1.10. The Balaban J connectivity index is 1.72. The van der Waals surface area contributed by atoms with Crippen molar-refractivity contribution in [1.29, 1.82) is 0 Å². The number of rotatable bonds is 4. The summed E-state index contributed by atoms with van der Waals surface area (Å²) in [4.78, 5) is 2.49. The summed E-state index contributed by atoms with van der Waals surface area (Å²) in [6, 6.07) is 4.69. The molecule has 0 amide bonds. The molecule has 0 aromatic carbocycles. The smallest absolute Gasteiger partial charge is 0.105 e. The minimum atomic E-state index is 0.687. The van der Waals surface area contributed by atoms with Crippen LogP contribution < -0.4 is 5.32 Å². The van der Waals surface area contributed by atoms with E-state index in [2.05, 4.69) is 10.2 Å². The zero-order valence-corrected chi connectivity index (χ0v) is 8.70. The van der Waals surface area contributed by atoms with Gasteiger partial charge in [-0.2, -0.15) is 0 Å². The molecule has 0 saturated carbocycles. The van der Waals surface area contributed by atoms with Crippen LogP contribution in [-0.2, 0) is 6.42 Å². The van der Waals surface area contributed by atoms with Crippen molar-refractivity contribution < 1.29 is 4.42 Å². The monoisotopic (exact) mass is 194 g/mol. The number of hydrogen-bond donors (Lipinski definition) is 1. The van der Waals surface area contributed by atoms with E-state index in [4.69, 9.17) is 4.42 Å². The van der Waals surface area contributed by atoms with Crippen LogP contribution in [0.2, 0.25) is 0 Å². The molecule has 0 aliphatic carbocycles. The Hall–Kier alpha value is -0.800. The molecule has 1 atom stereocenters. The fraction of sp³-hybridized carbons (Fsp3) is 0.636. The van der Waals surface area contributed by atoms with Gasteiger partial charge < -0.3 is 14.6 Å². The lowest BCUT2D eigenvalue weighted by molar-refractivity contribution is 0.323. The molecule has 1 aliphatic rings. The third-order valence-corrected chi connectivity index (χ3v) is 2.94. The molecule has 0 radical (unpaired) electrons. The van der Waals surface area contributed by atoms with Crippen LogP contribution in [-0.4, -0.2) is 37.6 Å². The summed E-state index contributed by atoms with van der Waals surface area (Å²) < 4.78 is 5.30. The lowest BCUT2D eigenvalue weighted by atomic mass is 10.3. The lowest BCUT2D eigenvalue weighted by Crippen LogP contribution is -2.30. The van der Waals surface area contributed by atoms with Crippen molar-refractivity contribution in [1.82, 2.24) is 10.2 Å². The van der Waals surface area contributed by atoms with Crippen molar-refractivity contribution in [3.8, 4) is 0 Å². The first-order valence-electron chi connectivity index (χ1n) is 5.30. The van der Waals surface area contributed by atoms with Gasteiger partial charge in [-0.3, -0.25) is 0 Å². The third kappa shape index (κ3) is 2.36. The first-order chi connectivity index (χ1) is 6.88. The Morgan fingerprint density at radius 3 is 3.21 bits per heavy atom. The van der Waals surface area contributed by atoms with Crippen LogP contribution in [0.5, 0.6) is 0 Å². The molecule has 3 nitrogen and oxygen atoms in total. The second-order valence-corrected chi connectivity index (χ2v) is 3.90. The summed E-state index contributed by atoms with van der Waals surface area (Å²) in [5.41, 5.74) is 0. The van der Waals surface area contributed by atoms with Gasteiger partial charge in [-0.25, -0.2) is 0 Å². The van der Waals surface area contributed by atoms with E-state index in [1.54, 1.807) is 6.26 Å². The lowest BCUT2D eigenvalue weighted by Gasteiger charge is -2.14. The van der Waals surface area contributed by atoms with E-state index in [-0.39, 0.29) is 0 Å². The normalized spacial score (nSPS) is 23.1. The van der Waals surface area contributed by atoms with Gasteiger partial charge in [-0.15, -0.1) is 0 Å². The number of hydrogen-bond acceptors (Lipinski definition) is 3. The van der Waals surface area contributed by atoms with Gasteiger partial charge in [0.15, 0.2) is 0 Å². The molecule has 0 spiro atoms. The molecular formula is C11H18N2O. The summed E-state index contributed by atoms with van der Waals surface area (Å²) in [5, 5.41) is 3.32. The van der Waals surface area contributed by atoms with Crippen molar-refractivity contribution in [2.75, 3.05) is 26.7 Å². The average molecular weight is 194 g/mol. The maximum Gasteiger partial charge on any atom is 0.105 e. The largest absolute Gasteiger partial charge is 0.469 e. The minimum absolute atomic E-state index is 0.687. The molecule has 14 heavy (non-hydrogen) atoms. The van der Waals surface area contributed by atoms with Crippen LogP contribution in [0.15, 0.2) is 22.8 Å². The van der Waals surface area contributed by atoms with Crippen LogP contribution in [0.25, 0.3) is 0 Å². The summed E-state index contributed by atoms with van der Waals surface area (Å²) >= 11 is 0. The first kappa shape index (κ1) is 9.74. The van der Waals surface area contributed by atoms with Crippen LogP contribution in [0, 0.1) is 0 Å². The van der Waals surface area contributed by atoms with E-state index in [0.29, 0.717) is 6.04 Å². The molecule has 2 rings (SSSR count). The van der Waals surface area contributed by atoms with Gasteiger partial charge >= 0.3 is 0 Å². The summed E-state index contributed by atoms with van der Waals surface area (Å²) in [6.45, 7) is 3.51. The molecule has 1 fully saturated rings. The topological polar surface area (TPSA) is 28.4 Å². The van der Waals surface area contributed by atoms with E-state index in [9.17, 15) is 0 Å². The Kier molecular flexibility index (Phi) is 3.22. The van der Waals surface area contributed by atoms with E-state index >= 15 is 0 Å². The molecule has 3 heteroatoms. The van der Waals surface area contributed by atoms with Crippen molar-refractivity contribution in [3.05, 3.63) is 24.2 Å². The quantitative estimate of drug-likeness (QED) is 0.778. The van der Waals surface area contributed by atoms with Gasteiger partial charge in [-0.05, 0) is 32.1 Å². The second-order valence-electron chi connectivity index (χ2n) is 3.90. The summed E-state index contributed by atoms with van der Waals surface area (Å²) in [7, 11) is 2.04. The highest BCUT2D eigenvalue weighted by Crippen LogP contribution is 2.10. The highest BCUT2D eigenvalue weighted by Gasteiger charge is 2.20. The molecule has 1 N–H and O–H groups in total. The molecule has 0 bridgehead atoms. The molecule has 1 aromatic heterocycles. The number of likely N-dealkylation sites (tertiary alicyclic amines) is 1. The van der Waals surface area contributed by atoms with Crippen LogP contribution in [0.1, 0.15) is 12.2 Å². The number of nitrogens with zero attached hydrogens (tertiary/aromatic N) is 1. The highest BCUT2D eigenvalue weighted by atomic mass is 16.3.